The molecular formula is C29H23F3N2O2. The van der Waals surface area contributed by atoms with Gasteiger partial charge in [0.1, 0.15) is 23.1 Å². The second-order valence-electron chi connectivity index (χ2n) is 8.64. The van der Waals surface area contributed by atoms with E-state index >= 15 is 0 Å². The van der Waals surface area contributed by atoms with E-state index in [0.717, 1.165) is 22.8 Å². The average Bonchev–Trinajstić information content (AvgIpc) is 2.82. The van der Waals surface area contributed by atoms with Gasteiger partial charge in [-0.15, -0.1) is 0 Å². The van der Waals surface area contributed by atoms with E-state index in [0.29, 0.717) is 22.6 Å². The molecule has 4 rings (SSSR count). The Morgan fingerprint density at radius 1 is 0.889 bits per heavy atom. The largest absolute Gasteiger partial charge is 0.457 e. The van der Waals surface area contributed by atoms with E-state index in [4.69, 9.17) is 4.74 Å². The molecule has 1 aromatic heterocycles. The van der Waals surface area contributed by atoms with Crippen molar-refractivity contribution in [2.45, 2.75) is 33.5 Å². The van der Waals surface area contributed by atoms with E-state index in [9.17, 15) is 23.2 Å². The number of hydrogen-bond acceptors (Lipinski definition) is 3. The van der Waals surface area contributed by atoms with Gasteiger partial charge in [0.2, 0.25) is 0 Å². The number of benzene rings is 3. The fourth-order valence-electron chi connectivity index (χ4n) is 4.16. The second kappa shape index (κ2) is 9.74. The van der Waals surface area contributed by atoms with Gasteiger partial charge in [-0.3, -0.25) is 4.79 Å². The van der Waals surface area contributed by atoms with E-state index in [1.807, 2.05) is 50.2 Å². The third kappa shape index (κ3) is 5.03. The first kappa shape index (κ1) is 24.8. The van der Waals surface area contributed by atoms with Crippen LogP contribution in [-0.2, 0) is 12.7 Å². The molecule has 0 fully saturated rings. The summed E-state index contributed by atoms with van der Waals surface area (Å²) in [6, 6.07) is 22.1. The van der Waals surface area contributed by atoms with Gasteiger partial charge in [-0.05, 0) is 73.9 Å². The maximum Gasteiger partial charge on any atom is 0.417 e. The molecule has 0 N–H and O–H groups in total. The molecule has 0 bridgehead atoms. The SMILES string of the molecule is Cc1ccc(Cn2c(-c3ccc(Oc4ccccc4)cc3C)cc(C(F)(F)F)c(C#N)c2=O)c(C)c1. The molecular weight excluding hydrogens is 465 g/mol. The molecule has 0 unspecified atom stereocenters. The molecule has 0 atom stereocenters. The van der Waals surface area contributed by atoms with Crippen molar-refractivity contribution < 1.29 is 17.9 Å². The molecule has 0 saturated carbocycles. The van der Waals surface area contributed by atoms with Crippen molar-refractivity contribution in [3.63, 3.8) is 0 Å². The van der Waals surface area contributed by atoms with Crippen molar-refractivity contribution in [1.29, 1.82) is 5.26 Å². The fourth-order valence-corrected chi connectivity index (χ4v) is 4.16. The van der Waals surface area contributed by atoms with Crippen LogP contribution in [0.1, 0.15) is 33.4 Å². The van der Waals surface area contributed by atoms with Gasteiger partial charge in [-0.1, -0.05) is 42.0 Å². The van der Waals surface area contributed by atoms with Crippen LogP contribution in [0.2, 0.25) is 0 Å². The maximum atomic E-state index is 13.9. The minimum Gasteiger partial charge on any atom is -0.457 e. The highest BCUT2D eigenvalue weighted by Crippen LogP contribution is 2.36. The van der Waals surface area contributed by atoms with Crippen LogP contribution >= 0.6 is 0 Å². The Hall–Kier alpha value is -4.31. The molecule has 4 nitrogen and oxygen atoms in total. The summed E-state index contributed by atoms with van der Waals surface area (Å²) in [7, 11) is 0. The third-order valence-electron chi connectivity index (χ3n) is 6.00. The van der Waals surface area contributed by atoms with Crippen LogP contribution in [0.5, 0.6) is 11.5 Å². The zero-order chi connectivity index (χ0) is 26.0. The summed E-state index contributed by atoms with van der Waals surface area (Å²) in [6.45, 7) is 5.57. The lowest BCUT2D eigenvalue weighted by Crippen LogP contribution is -2.29. The number of para-hydroxylation sites is 1. The molecule has 4 aromatic rings. The van der Waals surface area contributed by atoms with Crippen molar-refractivity contribution in [1.82, 2.24) is 4.57 Å². The van der Waals surface area contributed by atoms with Gasteiger partial charge in [0, 0.05) is 5.56 Å². The molecule has 36 heavy (non-hydrogen) atoms. The Morgan fingerprint density at radius 2 is 1.61 bits per heavy atom. The van der Waals surface area contributed by atoms with Gasteiger partial charge in [0.05, 0.1) is 17.8 Å². The number of ether oxygens (including phenoxy) is 1. The maximum absolute atomic E-state index is 13.9. The van der Waals surface area contributed by atoms with Gasteiger partial charge in [0.15, 0.2) is 0 Å². The van der Waals surface area contributed by atoms with Crippen molar-refractivity contribution in [2.75, 3.05) is 0 Å². The summed E-state index contributed by atoms with van der Waals surface area (Å²) in [6.07, 6.45) is -4.86. The lowest BCUT2D eigenvalue weighted by molar-refractivity contribution is -0.137. The lowest BCUT2D eigenvalue weighted by Gasteiger charge is -2.20. The lowest BCUT2D eigenvalue weighted by atomic mass is 9.99. The van der Waals surface area contributed by atoms with Gasteiger partial charge < -0.3 is 9.30 Å². The van der Waals surface area contributed by atoms with Gasteiger partial charge in [0.25, 0.3) is 5.56 Å². The second-order valence-corrected chi connectivity index (χ2v) is 8.64. The highest BCUT2D eigenvalue weighted by Gasteiger charge is 2.36. The van der Waals surface area contributed by atoms with Gasteiger partial charge >= 0.3 is 6.18 Å². The summed E-state index contributed by atoms with van der Waals surface area (Å²) in [5, 5.41) is 9.46. The molecule has 0 spiro atoms. The van der Waals surface area contributed by atoms with Crippen LogP contribution in [0.15, 0.2) is 77.6 Å². The first-order chi connectivity index (χ1) is 17.1. The predicted molar refractivity (Wildman–Crippen MR) is 132 cm³/mol. The monoisotopic (exact) mass is 488 g/mol. The third-order valence-corrected chi connectivity index (χ3v) is 6.00. The summed E-state index contributed by atoms with van der Waals surface area (Å²) >= 11 is 0. The Balaban J connectivity index is 1.90. The number of pyridine rings is 1. The molecule has 7 heteroatoms. The minimum atomic E-state index is -4.86. The number of alkyl halides is 3. The fraction of sp³-hybridized carbons (Fsp3) is 0.172. The first-order valence-electron chi connectivity index (χ1n) is 11.2. The van der Waals surface area contributed by atoms with E-state index in [2.05, 4.69) is 0 Å². The Labute approximate surface area is 206 Å². The van der Waals surface area contributed by atoms with Gasteiger partial charge in [-0.25, -0.2) is 0 Å². The van der Waals surface area contributed by atoms with Crippen LogP contribution in [0.25, 0.3) is 11.3 Å². The standard InChI is InChI=1S/C29H23F3N2O2/c1-18-9-10-21(19(2)13-18)17-34-27(15-26(29(30,31)32)25(16-33)28(34)35)24-12-11-23(14-20(24)3)36-22-7-5-4-6-8-22/h4-15H,17H2,1-3H3. The highest BCUT2D eigenvalue weighted by atomic mass is 19.4. The molecule has 0 aliphatic carbocycles. The molecule has 0 amide bonds. The van der Waals surface area contributed by atoms with E-state index in [1.54, 1.807) is 37.3 Å². The number of hydrogen-bond donors (Lipinski definition) is 0. The van der Waals surface area contributed by atoms with Crippen molar-refractivity contribution >= 4 is 0 Å². The quantitative estimate of drug-likeness (QED) is 0.299. The molecule has 0 radical (unpaired) electrons. The molecule has 0 aliphatic heterocycles. The number of nitriles is 1. The molecule has 1 heterocycles. The Morgan fingerprint density at radius 3 is 2.22 bits per heavy atom. The molecule has 0 aliphatic rings. The van der Waals surface area contributed by atoms with Crippen molar-refractivity contribution in [2.24, 2.45) is 0 Å². The van der Waals surface area contributed by atoms with Crippen LogP contribution in [0.3, 0.4) is 0 Å². The smallest absolute Gasteiger partial charge is 0.417 e. The number of nitrogens with zero attached hydrogens (tertiary/aromatic N) is 2. The zero-order valence-corrected chi connectivity index (χ0v) is 20.0. The normalized spacial score (nSPS) is 11.2. The number of aryl methyl sites for hydroxylation is 3. The number of halogens is 3. The van der Waals surface area contributed by atoms with Gasteiger partial charge in [-0.2, -0.15) is 18.4 Å². The molecule has 182 valence electrons. The Kier molecular flexibility index (Phi) is 6.71. The van der Waals surface area contributed by atoms with Crippen molar-refractivity contribution in [3.05, 3.63) is 117 Å². The first-order valence-corrected chi connectivity index (χ1v) is 11.2. The van der Waals surface area contributed by atoms with E-state index in [1.165, 1.54) is 10.6 Å². The summed E-state index contributed by atoms with van der Waals surface area (Å²) in [5.41, 5.74) is 0.690. The predicted octanol–water partition coefficient (Wildman–Crippen LogP) is 7.17. The van der Waals surface area contributed by atoms with E-state index in [-0.39, 0.29) is 12.2 Å². The summed E-state index contributed by atoms with van der Waals surface area (Å²) in [5.74, 6) is 1.13. The number of rotatable bonds is 5. The topological polar surface area (TPSA) is 55.0 Å². The zero-order valence-electron chi connectivity index (χ0n) is 20.0. The van der Waals surface area contributed by atoms with Crippen LogP contribution in [0, 0.1) is 32.1 Å². The van der Waals surface area contributed by atoms with Crippen LogP contribution in [0.4, 0.5) is 13.2 Å². The Bertz CT molecular complexity index is 1530. The summed E-state index contributed by atoms with van der Waals surface area (Å²) in [4.78, 5) is 13.3. The summed E-state index contributed by atoms with van der Waals surface area (Å²) < 4.78 is 48.7. The highest BCUT2D eigenvalue weighted by molar-refractivity contribution is 5.67. The molecule has 0 saturated heterocycles. The van der Waals surface area contributed by atoms with Crippen LogP contribution in [-0.4, -0.2) is 4.57 Å². The van der Waals surface area contributed by atoms with Crippen molar-refractivity contribution in [3.8, 4) is 28.8 Å². The average molecular weight is 489 g/mol. The van der Waals surface area contributed by atoms with Crippen LogP contribution < -0.4 is 10.3 Å². The minimum absolute atomic E-state index is 0.0226. The molecule has 3 aromatic carbocycles. The van der Waals surface area contributed by atoms with E-state index < -0.39 is 22.9 Å². The number of aromatic nitrogens is 1.